The van der Waals surface area contributed by atoms with Crippen LogP contribution in [0.15, 0.2) is 16.0 Å². The summed E-state index contributed by atoms with van der Waals surface area (Å²) in [5.74, 6) is 0.487. The van der Waals surface area contributed by atoms with Crippen LogP contribution in [0.1, 0.15) is 0 Å². The van der Waals surface area contributed by atoms with Crippen LogP contribution in [0.2, 0.25) is 0 Å². The lowest BCUT2D eigenvalue weighted by atomic mass is 10.4. The molecule has 4 nitrogen and oxygen atoms in total. The summed E-state index contributed by atoms with van der Waals surface area (Å²) in [6.07, 6.45) is 2.56. The highest BCUT2D eigenvalue weighted by molar-refractivity contribution is 7.03. The molecule has 0 atom stereocenters. The fourth-order valence-electron chi connectivity index (χ4n) is 0.581. The van der Waals surface area contributed by atoms with Gasteiger partial charge in [0.15, 0.2) is 6.20 Å². The first kappa shape index (κ1) is 5.55. The first-order valence-electron chi connectivity index (χ1n) is 2.57. The summed E-state index contributed by atoms with van der Waals surface area (Å²) in [6, 6.07) is 1.82. The molecule has 0 N–H and O–H groups in total. The van der Waals surface area contributed by atoms with Gasteiger partial charge in [0.25, 0.3) is 0 Å². The molecule has 0 saturated heterocycles. The van der Waals surface area contributed by atoms with Crippen molar-refractivity contribution >= 4 is 11.5 Å². The van der Waals surface area contributed by atoms with Crippen molar-refractivity contribution in [1.29, 1.82) is 0 Å². The van der Waals surface area contributed by atoms with E-state index in [-0.39, 0.29) is 0 Å². The number of nitrogens with zero attached hydrogens (tertiary/aromatic N) is 3. The lowest BCUT2D eigenvalue weighted by Crippen LogP contribution is -1.68. The summed E-state index contributed by atoms with van der Waals surface area (Å²) in [5.41, 5.74) is 0.731. The average Bonchev–Trinajstić information content (AvgIpc) is 2.59. The van der Waals surface area contributed by atoms with Crippen LogP contribution in [0, 0.1) is 6.20 Å². The summed E-state index contributed by atoms with van der Waals surface area (Å²) in [5, 5.41) is 8.52. The Morgan fingerprint density at radius 3 is 3.20 bits per heavy atom. The highest BCUT2D eigenvalue weighted by Gasteiger charge is 2.03. The third kappa shape index (κ3) is 0.801. The highest BCUT2D eigenvalue weighted by atomic mass is 32.1. The molecule has 2 heterocycles. The van der Waals surface area contributed by atoms with E-state index in [1.165, 1.54) is 11.5 Å². The maximum absolute atomic E-state index is 4.71. The number of rotatable bonds is 1. The van der Waals surface area contributed by atoms with Crippen LogP contribution in [-0.4, -0.2) is 14.7 Å². The van der Waals surface area contributed by atoms with Gasteiger partial charge >= 0.3 is 0 Å². The molecule has 0 aromatic carbocycles. The van der Waals surface area contributed by atoms with Crippen LogP contribution in [0.3, 0.4) is 0 Å². The molecule has 0 aliphatic heterocycles. The Bertz CT molecular complexity index is 256. The SMILES string of the molecule is [c]1nnoc1-c1ccsn1. The molecule has 0 aliphatic carbocycles. The van der Waals surface area contributed by atoms with E-state index in [4.69, 9.17) is 4.52 Å². The minimum absolute atomic E-state index is 0.487. The molecular weight excluding hydrogens is 150 g/mol. The van der Waals surface area contributed by atoms with E-state index in [1.54, 1.807) is 0 Å². The van der Waals surface area contributed by atoms with Gasteiger partial charge in [-0.05, 0) is 17.6 Å². The van der Waals surface area contributed by atoms with E-state index in [1.807, 2.05) is 11.4 Å². The minimum Gasteiger partial charge on any atom is -0.334 e. The summed E-state index contributed by atoms with van der Waals surface area (Å²) in [7, 11) is 0. The van der Waals surface area contributed by atoms with Crippen LogP contribution in [0.5, 0.6) is 0 Å². The highest BCUT2D eigenvalue weighted by Crippen LogP contribution is 2.14. The van der Waals surface area contributed by atoms with Crippen molar-refractivity contribution in [3.8, 4) is 11.5 Å². The monoisotopic (exact) mass is 152 g/mol. The van der Waals surface area contributed by atoms with Crippen LogP contribution >= 0.6 is 11.5 Å². The third-order valence-electron chi connectivity index (χ3n) is 0.995. The maximum Gasteiger partial charge on any atom is 0.216 e. The molecule has 0 aliphatic rings. The van der Waals surface area contributed by atoms with Crippen molar-refractivity contribution in [3.05, 3.63) is 17.6 Å². The summed E-state index contributed by atoms with van der Waals surface area (Å²) < 4.78 is 8.70. The van der Waals surface area contributed by atoms with Gasteiger partial charge in [0.2, 0.25) is 5.76 Å². The average molecular weight is 152 g/mol. The van der Waals surface area contributed by atoms with E-state index < -0.39 is 0 Å². The predicted molar refractivity (Wildman–Crippen MR) is 34.2 cm³/mol. The van der Waals surface area contributed by atoms with E-state index in [0.29, 0.717) is 5.76 Å². The van der Waals surface area contributed by atoms with Crippen LogP contribution in [-0.2, 0) is 0 Å². The molecule has 1 radical (unpaired) electrons. The predicted octanol–water partition coefficient (Wildman–Crippen LogP) is 0.993. The summed E-state index contributed by atoms with van der Waals surface area (Å²) in [4.78, 5) is 0. The lowest BCUT2D eigenvalue weighted by molar-refractivity contribution is 0.403. The zero-order valence-electron chi connectivity index (χ0n) is 4.81. The molecule has 2 aromatic rings. The number of hydrogen-bond acceptors (Lipinski definition) is 5. The van der Waals surface area contributed by atoms with Gasteiger partial charge in [-0.15, -0.1) is 5.10 Å². The smallest absolute Gasteiger partial charge is 0.216 e. The van der Waals surface area contributed by atoms with Crippen molar-refractivity contribution < 1.29 is 4.52 Å². The Kier molecular flexibility index (Phi) is 1.21. The molecule has 0 unspecified atom stereocenters. The van der Waals surface area contributed by atoms with Gasteiger partial charge in [0, 0.05) is 10.7 Å². The van der Waals surface area contributed by atoms with Gasteiger partial charge < -0.3 is 4.52 Å². The van der Waals surface area contributed by atoms with Crippen molar-refractivity contribution in [2.45, 2.75) is 0 Å². The Balaban J connectivity index is 2.48. The van der Waals surface area contributed by atoms with E-state index >= 15 is 0 Å². The molecule has 0 bridgehead atoms. The molecule has 0 amide bonds. The normalized spacial score (nSPS) is 10.0. The molecule has 2 aromatic heterocycles. The van der Waals surface area contributed by atoms with Gasteiger partial charge in [0.05, 0.1) is 0 Å². The third-order valence-corrected chi connectivity index (χ3v) is 1.55. The van der Waals surface area contributed by atoms with Crippen molar-refractivity contribution in [2.24, 2.45) is 0 Å². The topological polar surface area (TPSA) is 51.8 Å². The Hall–Kier alpha value is -1.23. The zero-order chi connectivity index (χ0) is 6.81. The lowest BCUT2D eigenvalue weighted by Gasteiger charge is -1.78. The Morgan fingerprint density at radius 1 is 1.60 bits per heavy atom. The van der Waals surface area contributed by atoms with Gasteiger partial charge in [0.1, 0.15) is 5.69 Å². The first-order chi connectivity index (χ1) is 4.97. The standard InChI is InChI=1S/C5H2N3OS/c1-2-10-7-4(1)5-3-6-8-9-5/h1-2H. The molecule has 49 valence electrons. The molecule has 5 heteroatoms. The van der Waals surface area contributed by atoms with Gasteiger partial charge in [-0.1, -0.05) is 0 Å². The quantitative estimate of drug-likeness (QED) is 0.611. The van der Waals surface area contributed by atoms with Gasteiger partial charge in [-0.25, -0.2) is 0 Å². The summed E-state index contributed by atoms with van der Waals surface area (Å²) in [6.45, 7) is 0. The van der Waals surface area contributed by atoms with Crippen LogP contribution < -0.4 is 0 Å². The minimum atomic E-state index is 0.487. The Morgan fingerprint density at radius 2 is 2.60 bits per heavy atom. The second-order valence-electron chi connectivity index (χ2n) is 1.60. The van der Waals surface area contributed by atoms with Crippen LogP contribution in [0.4, 0.5) is 0 Å². The van der Waals surface area contributed by atoms with Crippen LogP contribution in [0.25, 0.3) is 11.5 Å². The van der Waals surface area contributed by atoms with Gasteiger partial charge in [-0.3, -0.25) is 0 Å². The van der Waals surface area contributed by atoms with E-state index in [9.17, 15) is 0 Å². The Labute approximate surface area is 60.6 Å². The molecule has 0 saturated carbocycles. The molecule has 10 heavy (non-hydrogen) atoms. The van der Waals surface area contributed by atoms with Crippen molar-refractivity contribution in [2.75, 3.05) is 0 Å². The maximum atomic E-state index is 4.71. The molecule has 0 spiro atoms. The van der Waals surface area contributed by atoms with E-state index in [0.717, 1.165) is 5.69 Å². The van der Waals surface area contributed by atoms with Crippen molar-refractivity contribution in [1.82, 2.24) is 14.7 Å². The summed E-state index contributed by atoms with van der Waals surface area (Å²) >= 11 is 1.35. The number of aromatic nitrogens is 3. The first-order valence-corrected chi connectivity index (χ1v) is 3.41. The van der Waals surface area contributed by atoms with E-state index in [2.05, 4.69) is 20.9 Å². The second-order valence-corrected chi connectivity index (χ2v) is 2.26. The number of hydrogen-bond donors (Lipinski definition) is 0. The van der Waals surface area contributed by atoms with Crippen molar-refractivity contribution in [3.63, 3.8) is 0 Å². The zero-order valence-corrected chi connectivity index (χ0v) is 5.63. The van der Waals surface area contributed by atoms with Gasteiger partial charge in [-0.2, -0.15) is 4.37 Å². The molecule has 0 fully saturated rings. The molecule has 2 rings (SSSR count). The fraction of sp³-hybridized carbons (Fsp3) is 0. The largest absolute Gasteiger partial charge is 0.334 e. The molecular formula is C5H2N3OS. The fourth-order valence-corrected chi connectivity index (χ4v) is 1.09. The second kappa shape index (κ2) is 2.18.